The Morgan fingerprint density at radius 1 is 1.00 bits per heavy atom. The van der Waals surface area contributed by atoms with Gasteiger partial charge in [-0.15, -0.1) is 0 Å². The van der Waals surface area contributed by atoms with Crippen LogP contribution >= 0.6 is 34.8 Å². The maximum atomic E-state index is 12.2. The highest BCUT2D eigenvalue weighted by molar-refractivity contribution is 6.43. The second-order valence-electron chi connectivity index (χ2n) is 2.73. The lowest BCUT2D eigenvalue weighted by Gasteiger charge is -2.16. The molecule has 0 radical (unpaired) electrons. The molecule has 0 spiro atoms. The molecule has 7 heteroatoms. The van der Waals surface area contributed by atoms with Crippen LogP contribution in [0.1, 0.15) is 11.7 Å². The maximum Gasteiger partial charge on any atom is 0.418 e. The van der Waals surface area contributed by atoms with Crippen LogP contribution in [0.3, 0.4) is 0 Å². The van der Waals surface area contributed by atoms with Crippen molar-refractivity contribution in [1.29, 1.82) is 0 Å². The van der Waals surface area contributed by atoms with E-state index in [2.05, 4.69) is 0 Å². The van der Waals surface area contributed by atoms with E-state index in [1.165, 1.54) is 0 Å². The fourth-order valence-corrected chi connectivity index (χ4v) is 1.58. The Hall–Kier alpha value is -0.160. The average Bonchev–Trinajstić information content (AvgIpc) is 2.08. The van der Waals surface area contributed by atoms with Gasteiger partial charge in [0.25, 0.3) is 0 Å². The molecule has 15 heavy (non-hydrogen) atoms. The molecule has 1 aromatic carbocycles. The predicted molar refractivity (Wildman–Crippen MR) is 52.5 cm³/mol. The number of benzene rings is 1. The summed E-state index contributed by atoms with van der Waals surface area (Å²) >= 11 is 16.5. The Kier molecular flexibility index (Phi) is 3.76. The van der Waals surface area contributed by atoms with Crippen LogP contribution in [0.15, 0.2) is 12.1 Å². The Bertz CT molecular complexity index is 378. The molecule has 1 N–H and O–H groups in total. The van der Waals surface area contributed by atoms with Crippen LogP contribution in [-0.4, -0.2) is 11.3 Å². The van der Waals surface area contributed by atoms with E-state index in [0.717, 1.165) is 12.1 Å². The first-order valence-corrected chi connectivity index (χ1v) is 4.76. The molecular formula is C8H4Cl3F3O. The first kappa shape index (κ1) is 12.9. The summed E-state index contributed by atoms with van der Waals surface area (Å²) < 4.78 is 36.5. The fourth-order valence-electron chi connectivity index (χ4n) is 0.924. The molecule has 1 aromatic rings. The minimum atomic E-state index is -4.79. The lowest BCUT2D eigenvalue weighted by atomic mass is 10.1. The van der Waals surface area contributed by atoms with E-state index in [1.807, 2.05) is 0 Å². The molecule has 0 fully saturated rings. The highest BCUT2D eigenvalue weighted by Crippen LogP contribution is 2.39. The van der Waals surface area contributed by atoms with Crippen LogP contribution in [0.4, 0.5) is 13.2 Å². The molecule has 0 amide bonds. The maximum absolute atomic E-state index is 12.2. The van der Waals surface area contributed by atoms with Crippen molar-refractivity contribution in [1.82, 2.24) is 0 Å². The molecule has 0 aliphatic heterocycles. The van der Waals surface area contributed by atoms with E-state index < -0.39 is 17.8 Å². The van der Waals surface area contributed by atoms with E-state index in [-0.39, 0.29) is 15.1 Å². The standard InChI is InChI=1S/C8H4Cl3F3O/c9-4-2-6(11)5(10)1-3(4)7(15)8(12,13)14/h1-2,7,15H. The highest BCUT2D eigenvalue weighted by atomic mass is 35.5. The molecule has 0 aliphatic rings. The molecule has 0 saturated carbocycles. The number of hydrogen-bond acceptors (Lipinski definition) is 1. The summed E-state index contributed by atoms with van der Waals surface area (Å²) in [4.78, 5) is 0. The second kappa shape index (κ2) is 4.37. The third-order valence-electron chi connectivity index (χ3n) is 1.64. The molecule has 84 valence electrons. The SMILES string of the molecule is OC(c1cc(Cl)c(Cl)cc1Cl)C(F)(F)F. The van der Waals surface area contributed by atoms with Gasteiger partial charge in [-0.3, -0.25) is 0 Å². The van der Waals surface area contributed by atoms with Gasteiger partial charge in [0, 0.05) is 10.6 Å². The quantitative estimate of drug-likeness (QED) is 0.762. The van der Waals surface area contributed by atoms with Gasteiger partial charge in [-0.1, -0.05) is 34.8 Å². The topological polar surface area (TPSA) is 20.2 Å². The van der Waals surface area contributed by atoms with Crippen molar-refractivity contribution in [2.75, 3.05) is 0 Å². The van der Waals surface area contributed by atoms with Crippen LogP contribution in [0, 0.1) is 0 Å². The molecule has 0 aromatic heterocycles. The van der Waals surface area contributed by atoms with Gasteiger partial charge in [-0.25, -0.2) is 0 Å². The number of alkyl halides is 3. The molecule has 0 saturated heterocycles. The van der Waals surface area contributed by atoms with Crippen LogP contribution in [-0.2, 0) is 0 Å². The van der Waals surface area contributed by atoms with Crippen LogP contribution in [0.2, 0.25) is 15.1 Å². The minimum Gasteiger partial charge on any atom is -0.379 e. The van der Waals surface area contributed by atoms with Gasteiger partial charge in [0.1, 0.15) is 0 Å². The Balaban J connectivity index is 3.21. The summed E-state index contributed by atoms with van der Waals surface area (Å²) in [6.45, 7) is 0. The van der Waals surface area contributed by atoms with Gasteiger partial charge in [0.2, 0.25) is 0 Å². The van der Waals surface area contributed by atoms with Crippen LogP contribution in [0.5, 0.6) is 0 Å². The largest absolute Gasteiger partial charge is 0.418 e. The Morgan fingerprint density at radius 3 is 1.93 bits per heavy atom. The zero-order chi connectivity index (χ0) is 11.8. The first-order valence-electron chi connectivity index (χ1n) is 3.62. The van der Waals surface area contributed by atoms with Gasteiger partial charge in [0.05, 0.1) is 10.0 Å². The molecular weight excluding hydrogens is 275 g/mol. The van der Waals surface area contributed by atoms with E-state index >= 15 is 0 Å². The monoisotopic (exact) mass is 278 g/mol. The van der Waals surface area contributed by atoms with E-state index in [4.69, 9.17) is 39.9 Å². The average molecular weight is 279 g/mol. The third-order valence-corrected chi connectivity index (χ3v) is 2.69. The zero-order valence-electron chi connectivity index (χ0n) is 6.95. The fraction of sp³-hybridized carbons (Fsp3) is 0.250. The van der Waals surface area contributed by atoms with Gasteiger partial charge < -0.3 is 5.11 Å². The molecule has 1 unspecified atom stereocenters. The summed E-state index contributed by atoms with van der Waals surface area (Å²) in [5, 5.41) is 8.59. The molecule has 0 aliphatic carbocycles. The van der Waals surface area contributed by atoms with Crippen LogP contribution < -0.4 is 0 Å². The van der Waals surface area contributed by atoms with Crippen molar-refractivity contribution in [3.63, 3.8) is 0 Å². The summed E-state index contributed by atoms with van der Waals surface area (Å²) in [6.07, 6.45) is -7.46. The number of hydrogen-bond donors (Lipinski definition) is 1. The van der Waals surface area contributed by atoms with Gasteiger partial charge in [-0.2, -0.15) is 13.2 Å². The lowest BCUT2D eigenvalue weighted by molar-refractivity contribution is -0.206. The van der Waals surface area contributed by atoms with E-state index in [0.29, 0.717) is 0 Å². The van der Waals surface area contributed by atoms with E-state index in [1.54, 1.807) is 0 Å². The number of aliphatic hydroxyl groups is 1. The Labute approximate surface area is 98.4 Å². The van der Waals surface area contributed by atoms with Crippen molar-refractivity contribution < 1.29 is 18.3 Å². The molecule has 0 heterocycles. The van der Waals surface area contributed by atoms with Crippen molar-refractivity contribution in [2.24, 2.45) is 0 Å². The van der Waals surface area contributed by atoms with Crippen molar-refractivity contribution in [2.45, 2.75) is 12.3 Å². The summed E-state index contributed by atoms with van der Waals surface area (Å²) in [7, 11) is 0. The van der Waals surface area contributed by atoms with Crippen molar-refractivity contribution in [3.05, 3.63) is 32.8 Å². The molecule has 0 bridgehead atoms. The van der Waals surface area contributed by atoms with Crippen molar-refractivity contribution in [3.8, 4) is 0 Å². The smallest absolute Gasteiger partial charge is 0.379 e. The highest BCUT2D eigenvalue weighted by Gasteiger charge is 2.40. The van der Waals surface area contributed by atoms with Gasteiger partial charge in [-0.05, 0) is 12.1 Å². The third kappa shape index (κ3) is 2.91. The summed E-state index contributed by atoms with van der Waals surface area (Å²) in [5.74, 6) is 0. The lowest BCUT2D eigenvalue weighted by Crippen LogP contribution is -2.20. The zero-order valence-corrected chi connectivity index (χ0v) is 9.21. The van der Waals surface area contributed by atoms with Gasteiger partial charge in [0.15, 0.2) is 6.10 Å². The second-order valence-corrected chi connectivity index (χ2v) is 3.95. The first-order chi connectivity index (χ1) is 6.73. The number of aliphatic hydroxyl groups excluding tert-OH is 1. The molecule has 1 atom stereocenters. The number of rotatable bonds is 1. The molecule has 1 rings (SSSR count). The summed E-state index contributed by atoms with van der Waals surface area (Å²) in [6, 6.07) is 1.94. The normalized spacial score (nSPS) is 14.1. The number of halogens is 6. The van der Waals surface area contributed by atoms with Crippen molar-refractivity contribution >= 4 is 34.8 Å². The van der Waals surface area contributed by atoms with Gasteiger partial charge >= 0.3 is 6.18 Å². The molecule has 1 nitrogen and oxygen atoms in total. The van der Waals surface area contributed by atoms with Crippen LogP contribution in [0.25, 0.3) is 0 Å². The van der Waals surface area contributed by atoms with E-state index in [9.17, 15) is 13.2 Å². The minimum absolute atomic E-state index is 0.0276. The Morgan fingerprint density at radius 2 is 1.47 bits per heavy atom. The predicted octanol–water partition coefficient (Wildman–Crippen LogP) is 4.24. The summed E-state index contributed by atoms with van der Waals surface area (Å²) in [5.41, 5.74) is -0.515.